The number of rotatable bonds is 3. The van der Waals surface area contributed by atoms with Crippen LogP contribution in [0.15, 0.2) is 53.1 Å². The number of nitrogens with zero attached hydrogens (tertiary/aromatic N) is 2. The Labute approximate surface area is 162 Å². The third-order valence-electron chi connectivity index (χ3n) is 5.41. The molecule has 0 spiro atoms. The van der Waals surface area contributed by atoms with Crippen molar-refractivity contribution in [2.24, 2.45) is 0 Å². The van der Waals surface area contributed by atoms with E-state index in [0.717, 1.165) is 42.2 Å². The molecule has 2 aliphatic heterocycles. The molecule has 6 heteroatoms. The Morgan fingerprint density at radius 3 is 2.78 bits per heavy atom. The SMILES string of the molecule is O=C(c1sc(-c2ccco2)nc1-c1ccccc1)N1CCC2CCC(C1)N2. The van der Waals surface area contributed by atoms with E-state index in [0.29, 0.717) is 22.7 Å². The Morgan fingerprint density at radius 2 is 1.96 bits per heavy atom. The number of fused-ring (bicyclic) bond motifs is 2. The molecular weight excluding hydrogens is 358 g/mol. The molecule has 2 aliphatic rings. The first-order valence-electron chi connectivity index (χ1n) is 9.43. The third kappa shape index (κ3) is 3.19. The van der Waals surface area contributed by atoms with Gasteiger partial charge in [-0.2, -0.15) is 0 Å². The van der Waals surface area contributed by atoms with Crippen LogP contribution in [-0.2, 0) is 0 Å². The van der Waals surface area contributed by atoms with Gasteiger partial charge in [-0.05, 0) is 31.4 Å². The minimum atomic E-state index is 0.0820. The highest BCUT2D eigenvalue weighted by molar-refractivity contribution is 7.17. The molecule has 3 aromatic rings. The van der Waals surface area contributed by atoms with Crippen molar-refractivity contribution in [3.8, 4) is 22.0 Å². The summed E-state index contributed by atoms with van der Waals surface area (Å²) in [6.45, 7) is 1.58. The quantitative estimate of drug-likeness (QED) is 0.746. The second-order valence-electron chi connectivity index (χ2n) is 7.22. The lowest BCUT2D eigenvalue weighted by Gasteiger charge is -2.24. The maximum absolute atomic E-state index is 13.4. The third-order valence-corrected chi connectivity index (χ3v) is 6.47. The van der Waals surface area contributed by atoms with Gasteiger partial charge in [-0.1, -0.05) is 30.3 Å². The van der Waals surface area contributed by atoms with Crippen molar-refractivity contribution in [3.05, 3.63) is 53.6 Å². The smallest absolute Gasteiger partial charge is 0.266 e. The standard InChI is InChI=1S/C21H21N3O2S/c25-21(24-11-10-15-8-9-16(13-24)22-15)19-18(14-5-2-1-3-6-14)23-20(27-19)17-7-4-12-26-17/h1-7,12,15-16,22H,8-11,13H2. The van der Waals surface area contributed by atoms with Crippen molar-refractivity contribution >= 4 is 17.2 Å². The summed E-state index contributed by atoms with van der Waals surface area (Å²) in [5.41, 5.74) is 1.71. The second kappa shape index (κ2) is 6.94. The van der Waals surface area contributed by atoms with Gasteiger partial charge in [-0.15, -0.1) is 11.3 Å². The van der Waals surface area contributed by atoms with Crippen molar-refractivity contribution < 1.29 is 9.21 Å². The molecule has 1 amide bonds. The largest absolute Gasteiger partial charge is 0.462 e. The highest BCUT2D eigenvalue weighted by atomic mass is 32.1. The number of benzene rings is 1. The average molecular weight is 379 g/mol. The number of thiazole rings is 1. The van der Waals surface area contributed by atoms with Gasteiger partial charge in [0.15, 0.2) is 10.8 Å². The molecule has 0 saturated carbocycles. The van der Waals surface area contributed by atoms with Crippen molar-refractivity contribution in [1.82, 2.24) is 15.2 Å². The number of hydrogen-bond donors (Lipinski definition) is 1. The van der Waals surface area contributed by atoms with Crippen molar-refractivity contribution in [3.63, 3.8) is 0 Å². The number of nitrogens with one attached hydrogen (secondary N) is 1. The summed E-state index contributed by atoms with van der Waals surface area (Å²) < 4.78 is 5.52. The molecule has 5 rings (SSSR count). The Morgan fingerprint density at radius 1 is 1.11 bits per heavy atom. The molecule has 4 heterocycles. The summed E-state index contributed by atoms with van der Waals surface area (Å²) in [4.78, 5) is 20.9. The zero-order valence-corrected chi connectivity index (χ0v) is 15.7. The lowest BCUT2D eigenvalue weighted by atomic mass is 10.1. The molecule has 138 valence electrons. The highest BCUT2D eigenvalue weighted by Gasteiger charge is 2.33. The first-order valence-corrected chi connectivity index (χ1v) is 10.2. The molecular formula is C21H21N3O2S. The number of hydrogen-bond acceptors (Lipinski definition) is 5. The van der Waals surface area contributed by atoms with E-state index >= 15 is 0 Å². The first kappa shape index (κ1) is 16.7. The Kier molecular flexibility index (Phi) is 4.30. The van der Waals surface area contributed by atoms with E-state index in [1.54, 1.807) is 6.26 Å². The van der Waals surface area contributed by atoms with Crippen LogP contribution in [0.2, 0.25) is 0 Å². The van der Waals surface area contributed by atoms with Crippen LogP contribution in [0.3, 0.4) is 0 Å². The number of carbonyl (C=O) groups excluding carboxylic acids is 1. The van der Waals surface area contributed by atoms with E-state index in [-0.39, 0.29) is 5.91 Å². The number of likely N-dealkylation sites (tertiary alicyclic amines) is 1. The van der Waals surface area contributed by atoms with Crippen molar-refractivity contribution in [2.75, 3.05) is 13.1 Å². The summed E-state index contributed by atoms with van der Waals surface area (Å²) in [6, 6.07) is 14.6. The highest BCUT2D eigenvalue weighted by Crippen LogP contribution is 2.35. The van der Waals surface area contributed by atoms with E-state index in [9.17, 15) is 4.79 Å². The van der Waals surface area contributed by atoms with E-state index in [2.05, 4.69) is 5.32 Å². The minimum absolute atomic E-state index is 0.0820. The zero-order valence-electron chi connectivity index (χ0n) is 14.9. The van der Waals surface area contributed by atoms with E-state index in [1.807, 2.05) is 47.4 Å². The van der Waals surface area contributed by atoms with Crippen LogP contribution in [0.25, 0.3) is 22.0 Å². The summed E-state index contributed by atoms with van der Waals surface area (Å²) in [5.74, 6) is 0.784. The Hall–Kier alpha value is -2.44. The van der Waals surface area contributed by atoms with Crippen LogP contribution in [0, 0.1) is 0 Å². The predicted molar refractivity (Wildman–Crippen MR) is 106 cm³/mol. The van der Waals surface area contributed by atoms with Crippen LogP contribution in [-0.4, -0.2) is 41.0 Å². The van der Waals surface area contributed by atoms with Gasteiger partial charge in [0.25, 0.3) is 5.91 Å². The van der Waals surface area contributed by atoms with Gasteiger partial charge in [-0.25, -0.2) is 4.98 Å². The van der Waals surface area contributed by atoms with Crippen LogP contribution in [0.5, 0.6) is 0 Å². The maximum Gasteiger partial charge on any atom is 0.266 e. The van der Waals surface area contributed by atoms with E-state index in [1.165, 1.54) is 17.8 Å². The van der Waals surface area contributed by atoms with Gasteiger partial charge in [0.2, 0.25) is 0 Å². The van der Waals surface area contributed by atoms with Crippen LogP contribution in [0.4, 0.5) is 0 Å². The first-order chi connectivity index (χ1) is 13.3. The molecule has 2 bridgehead atoms. The fourth-order valence-electron chi connectivity index (χ4n) is 4.03. The molecule has 0 aliphatic carbocycles. The lowest BCUT2D eigenvalue weighted by Crippen LogP contribution is -2.38. The van der Waals surface area contributed by atoms with Gasteiger partial charge >= 0.3 is 0 Å². The van der Waals surface area contributed by atoms with Gasteiger partial charge in [0, 0.05) is 30.7 Å². The molecule has 0 radical (unpaired) electrons. The molecule has 5 nitrogen and oxygen atoms in total. The number of aromatic nitrogens is 1. The van der Waals surface area contributed by atoms with Crippen molar-refractivity contribution in [2.45, 2.75) is 31.3 Å². The number of carbonyl (C=O) groups is 1. The van der Waals surface area contributed by atoms with Crippen LogP contribution < -0.4 is 5.32 Å². The number of amides is 1. The van der Waals surface area contributed by atoms with Gasteiger partial charge < -0.3 is 14.6 Å². The monoisotopic (exact) mass is 379 g/mol. The summed E-state index contributed by atoms with van der Waals surface area (Å²) in [7, 11) is 0. The topological polar surface area (TPSA) is 58.4 Å². The van der Waals surface area contributed by atoms with E-state index in [4.69, 9.17) is 9.40 Å². The molecule has 2 unspecified atom stereocenters. The maximum atomic E-state index is 13.4. The van der Waals surface area contributed by atoms with Gasteiger partial charge in [0.1, 0.15) is 4.88 Å². The molecule has 2 fully saturated rings. The van der Waals surface area contributed by atoms with Crippen LogP contribution >= 0.6 is 11.3 Å². The molecule has 2 atom stereocenters. The summed E-state index contributed by atoms with van der Waals surface area (Å²) >= 11 is 1.42. The summed E-state index contributed by atoms with van der Waals surface area (Å²) in [5, 5.41) is 4.39. The Balaban J connectivity index is 1.53. The average Bonchev–Trinajstić information content (AvgIpc) is 3.41. The van der Waals surface area contributed by atoms with Crippen LogP contribution in [0.1, 0.15) is 28.9 Å². The van der Waals surface area contributed by atoms with E-state index < -0.39 is 0 Å². The molecule has 27 heavy (non-hydrogen) atoms. The molecule has 2 saturated heterocycles. The molecule has 1 aromatic carbocycles. The second-order valence-corrected chi connectivity index (χ2v) is 8.22. The predicted octanol–water partition coefficient (Wildman–Crippen LogP) is 4.04. The molecule has 2 aromatic heterocycles. The fraction of sp³-hybridized carbons (Fsp3) is 0.333. The summed E-state index contributed by atoms with van der Waals surface area (Å²) in [6.07, 6.45) is 5.04. The Bertz CT molecular complexity index is 936. The minimum Gasteiger partial charge on any atom is -0.462 e. The van der Waals surface area contributed by atoms with Crippen molar-refractivity contribution in [1.29, 1.82) is 0 Å². The number of furan rings is 1. The fourth-order valence-corrected chi connectivity index (χ4v) is 5.06. The van der Waals surface area contributed by atoms with Gasteiger partial charge in [0.05, 0.1) is 12.0 Å². The lowest BCUT2D eigenvalue weighted by molar-refractivity contribution is 0.0753. The van der Waals surface area contributed by atoms with Gasteiger partial charge in [-0.3, -0.25) is 4.79 Å². The normalized spacial score (nSPS) is 22.0. The molecule has 1 N–H and O–H groups in total. The zero-order chi connectivity index (χ0) is 18.2.